The van der Waals surface area contributed by atoms with Gasteiger partial charge in [0, 0.05) is 22.0 Å². The fraction of sp³-hybridized carbons (Fsp3) is 0.0588. The van der Waals surface area contributed by atoms with Crippen molar-refractivity contribution in [2.45, 2.75) is 6.92 Å². The number of hydrogen-bond acceptors (Lipinski definition) is 4. The van der Waals surface area contributed by atoms with Gasteiger partial charge in [0.15, 0.2) is 0 Å². The number of anilines is 4. The highest BCUT2D eigenvalue weighted by Crippen LogP contribution is 2.20. The molecule has 0 fully saturated rings. The van der Waals surface area contributed by atoms with Gasteiger partial charge in [0.2, 0.25) is 5.95 Å². The zero-order valence-electron chi connectivity index (χ0n) is 12.0. The minimum Gasteiger partial charge on any atom is -0.340 e. The minimum absolute atomic E-state index is 0.561. The first kappa shape index (κ1) is 14.5. The molecule has 0 saturated heterocycles. The zero-order chi connectivity index (χ0) is 15.4. The summed E-state index contributed by atoms with van der Waals surface area (Å²) in [6.45, 7) is 2.05. The normalized spacial score (nSPS) is 10.3. The molecule has 2 aromatic carbocycles. The summed E-state index contributed by atoms with van der Waals surface area (Å²) in [6.07, 6.45) is 1.73. The molecule has 110 valence electrons. The highest BCUT2D eigenvalue weighted by atomic mass is 79.9. The van der Waals surface area contributed by atoms with Crippen LogP contribution in [0.4, 0.5) is 23.1 Å². The van der Waals surface area contributed by atoms with Crippen molar-refractivity contribution in [1.29, 1.82) is 0 Å². The van der Waals surface area contributed by atoms with Crippen LogP contribution in [0, 0.1) is 6.92 Å². The molecule has 5 heteroatoms. The van der Waals surface area contributed by atoms with Crippen molar-refractivity contribution in [3.05, 3.63) is 70.8 Å². The van der Waals surface area contributed by atoms with Gasteiger partial charge in [-0.1, -0.05) is 34.1 Å². The number of aryl methyl sites for hydroxylation is 1. The van der Waals surface area contributed by atoms with Crippen molar-refractivity contribution >= 4 is 39.1 Å². The maximum Gasteiger partial charge on any atom is 0.229 e. The molecule has 0 unspecified atom stereocenters. The van der Waals surface area contributed by atoms with Crippen LogP contribution in [0.3, 0.4) is 0 Å². The Kier molecular flexibility index (Phi) is 4.34. The molecule has 0 amide bonds. The highest BCUT2D eigenvalue weighted by molar-refractivity contribution is 9.10. The molecule has 0 aliphatic carbocycles. The Morgan fingerprint density at radius 3 is 2.45 bits per heavy atom. The van der Waals surface area contributed by atoms with E-state index in [1.54, 1.807) is 6.20 Å². The number of aromatic nitrogens is 2. The molecule has 0 radical (unpaired) electrons. The van der Waals surface area contributed by atoms with E-state index in [9.17, 15) is 0 Å². The summed E-state index contributed by atoms with van der Waals surface area (Å²) in [7, 11) is 0. The fourth-order valence-electron chi connectivity index (χ4n) is 2.05. The van der Waals surface area contributed by atoms with Crippen molar-refractivity contribution in [2.24, 2.45) is 0 Å². The minimum atomic E-state index is 0.561. The van der Waals surface area contributed by atoms with Crippen molar-refractivity contribution in [1.82, 2.24) is 9.97 Å². The Morgan fingerprint density at radius 1 is 0.909 bits per heavy atom. The molecule has 0 atom stereocenters. The van der Waals surface area contributed by atoms with Gasteiger partial charge in [0.1, 0.15) is 5.82 Å². The largest absolute Gasteiger partial charge is 0.340 e. The Balaban J connectivity index is 1.78. The first-order chi connectivity index (χ1) is 10.7. The molecule has 2 N–H and O–H groups in total. The second-order valence-electron chi connectivity index (χ2n) is 4.90. The summed E-state index contributed by atoms with van der Waals surface area (Å²) in [6, 6.07) is 17.9. The van der Waals surface area contributed by atoms with Crippen LogP contribution < -0.4 is 10.6 Å². The Bertz CT molecular complexity index is 726. The van der Waals surface area contributed by atoms with Crippen molar-refractivity contribution in [3.63, 3.8) is 0 Å². The van der Waals surface area contributed by atoms with Gasteiger partial charge in [0.25, 0.3) is 0 Å². The summed E-state index contributed by atoms with van der Waals surface area (Å²) in [5.41, 5.74) is 3.13. The SMILES string of the molecule is Cc1cccc(Nc2nccc(Nc3cccc(Br)c3)n2)c1. The quantitative estimate of drug-likeness (QED) is 0.689. The van der Waals surface area contributed by atoms with Crippen molar-refractivity contribution < 1.29 is 0 Å². The molecule has 22 heavy (non-hydrogen) atoms. The molecule has 4 nitrogen and oxygen atoms in total. The van der Waals surface area contributed by atoms with Crippen molar-refractivity contribution in [2.75, 3.05) is 10.6 Å². The van der Waals surface area contributed by atoms with Crippen LogP contribution in [0.25, 0.3) is 0 Å². The number of nitrogens with one attached hydrogen (secondary N) is 2. The first-order valence-electron chi connectivity index (χ1n) is 6.88. The Hall–Kier alpha value is -2.40. The van der Waals surface area contributed by atoms with Crippen LogP contribution in [0.5, 0.6) is 0 Å². The number of rotatable bonds is 4. The van der Waals surface area contributed by atoms with Crippen LogP contribution >= 0.6 is 15.9 Å². The molecule has 3 rings (SSSR count). The molecule has 0 bridgehead atoms. The Labute approximate surface area is 137 Å². The van der Waals surface area contributed by atoms with Gasteiger partial charge >= 0.3 is 0 Å². The van der Waals surface area contributed by atoms with Crippen LogP contribution in [-0.2, 0) is 0 Å². The number of hydrogen-bond donors (Lipinski definition) is 2. The molecule has 1 aromatic heterocycles. The van der Waals surface area contributed by atoms with E-state index in [0.717, 1.165) is 21.7 Å². The van der Waals surface area contributed by atoms with Gasteiger partial charge in [-0.2, -0.15) is 4.98 Å². The molecule has 0 aliphatic heterocycles. The van der Waals surface area contributed by atoms with Gasteiger partial charge in [-0.15, -0.1) is 0 Å². The molecule has 0 aliphatic rings. The van der Waals surface area contributed by atoms with Gasteiger partial charge in [0.05, 0.1) is 0 Å². The standard InChI is InChI=1S/C17H15BrN4/c1-12-4-2-6-14(10-12)21-17-19-9-8-16(22-17)20-15-7-3-5-13(18)11-15/h2-11H,1H3,(H2,19,20,21,22). The van der Waals surface area contributed by atoms with E-state index in [4.69, 9.17) is 0 Å². The maximum absolute atomic E-state index is 4.47. The van der Waals surface area contributed by atoms with E-state index < -0.39 is 0 Å². The van der Waals surface area contributed by atoms with Crippen LogP contribution in [0.1, 0.15) is 5.56 Å². The van der Waals surface area contributed by atoms with Crippen LogP contribution in [0.15, 0.2) is 65.3 Å². The smallest absolute Gasteiger partial charge is 0.229 e. The highest BCUT2D eigenvalue weighted by Gasteiger charge is 2.01. The van der Waals surface area contributed by atoms with Gasteiger partial charge in [-0.05, 0) is 48.9 Å². The van der Waals surface area contributed by atoms with E-state index in [1.807, 2.05) is 42.5 Å². The summed E-state index contributed by atoms with van der Waals surface area (Å²) in [5, 5.41) is 6.47. The van der Waals surface area contributed by atoms with E-state index >= 15 is 0 Å². The van der Waals surface area contributed by atoms with Crippen LogP contribution in [0.2, 0.25) is 0 Å². The number of benzene rings is 2. The second-order valence-corrected chi connectivity index (χ2v) is 5.81. The van der Waals surface area contributed by atoms with Crippen LogP contribution in [-0.4, -0.2) is 9.97 Å². The third-order valence-electron chi connectivity index (χ3n) is 3.03. The zero-order valence-corrected chi connectivity index (χ0v) is 13.6. The number of nitrogens with zero attached hydrogens (tertiary/aromatic N) is 2. The van der Waals surface area contributed by atoms with E-state index in [2.05, 4.69) is 55.6 Å². The third kappa shape index (κ3) is 3.83. The van der Waals surface area contributed by atoms with Crippen molar-refractivity contribution in [3.8, 4) is 0 Å². The lowest BCUT2D eigenvalue weighted by atomic mass is 10.2. The maximum atomic E-state index is 4.47. The fourth-order valence-corrected chi connectivity index (χ4v) is 2.45. The third-order valence-corrected chi connectivity index (χ3v) is 3.52. The predicted molar refractivity (Wildman–Crippen MR) is 93.9 cm³/mol. The second kappa shape index (κ2) is 6.58. The number of halogens is 1. The van der Waals surface area contributed by atoms with Gasteiger partial charge in [-0.3, -0.25) is 0 Å². The first-order valence-corrected chi connectivity index (χ1v) is 7.68. The van der Waals surface area contributed by atoms with E-state index in [-0.39, 0.29) is 0 Å². The Morgan fingerprint density at radius 2 is 1.68 bits per heavy atom. The average Bonchev–Trinajstić information content (AvgIpc) is 2.47. The topological polar surface area (TPSA) is 49.8 Å². The summed E-state index contributed by atoms with van der Waals surface area (Å²) >= 11 is 3.46. The molecule has 0 spiro atoms. The van der Waals surface area contributed by atoms with Gasteiger partial charge < -0.3 is 10.6 Å². The summed E-state index contributed by atoms with van der Waals surface area (Å²) in [4.78, 5) is 8.73. The monoisotopic (exact) mass is 354 g/mol. The molecule has 3 aromatic rings. The lowest BCUT2D eigenvalue weighted by molar-refractivity contribution is 1.16. The molecule has 1 heterocycles. The lowest BCUT2D eigenvalue weighted by Crippen LogP contribution is -2.00. The molecule has 0 saturated carbocycles. The molecular weight excluding hydrogens is 340 g/mol. The predicted octanol–water partition coefficient (Wildman–Crippen LogP) is 5.03. The van der Waals surface area contributed by atoms with Gasteiger partial charge in [-0.25, -0.2) is 4.98 Å². The molecular formula is C17H15BrN4. The summed E-state index contributed by atoms with van der Waals surface area (Å²) in [5.74, 6) is 1.30. The van der Waals surface area contributed by atoms with E-state index in [1.165, 1.54) is 5.56 Å². The average molecular weight is 355 g/mol. The summed E-state index contributed by atoms with van der Waals surface area (Å²) < 4.78 is 1.02. The van der Waals surface area contributed by atoms with E-state index in [0.29, 0.717) is 5.95 Å². The lowest BCUT2D eigenvalue weighted by Gasteiger charge is -2.09.